The average molecular weight is 233 g/mol. The van der Waals surface area contributed by atoms with Crippen molar-refractivity contribution in [2.75, 3.05) is 19.7 Å². The highest BCUT2D eigenvalue weighted by atomic mass is 19.1. The molecule has 0 aromatic rings. The number of hydrogen-bond donors (Lipinski definition) is 1. The van der Waals surface area contributed by atoms with E-state index in [0.717, 1.165) is 0 Å². The van der Waals surface area contributed by atoms with Crippen molar-refractivity contribution in [2.24, 2.45) is 5.92 Å². The molecule has 0 radical (unpaired) electrons. The van der Waals surface area contributed by atoms with Gasteiger partial charge in [0.15, 0.2) is 0 Å². The van der Waals surface area contributed by atoms with Gasteiger partial charge in [-0.3, -0.25) is 0 Å². The van der Waals surface area contributed by atoms with Gasteiger partial charge in [-0.2, -0.15) is 0 Å². The molecule has 1 heterocycles. The molecular weight excluding hydrogens is 213 g/mol. The third kappa shape index (κ3) is 3.96. The summed E-state index contributed by atoms with van der Waals surface area (Å²) in [7, 11) is 0. The molecule has 0 bridgehead atoms. The first kappa shape index (κ1) is 13.2. The van der Waals surface area contributed by atoms with Crippen LogP contribution in [0.15, 0.2) is 0 Å². The van der Waals surface area contributed by atoms with Gasteiger partial charge in [-0.15, -0.1) is 0 Å². The Morgan fingerprint density at radius 3 is 2.56 bits per heavy atom. The van der Waals surface area contributed by atoms with Crippen LogP contribution in [-0.4, -0.2) is 47.6 Å². The van der Waals surface area contributed by atoms with E-state index in [1.54, 1.807) is 4.90 Å². The molecule has 1 fully saturated rings. The highest BCUT2D eigenvalue weighted by Crippen LogP contribution is 2.23. The Labute approximate surface area is 95.4 Å². The van der Waals surface area contributed by atoms with Crippen molar-refractivity contribution in [3.05, 3.63) is 0 Å². The number of aliphatic hydroxyl groups is 1. The second kappa shape index (κ2) is 4.99. The summed E-state index contributed by atoms with van der Waals surface area (Å²) >= 11 is 0. The molecule has 1 aliphatic rings. The molecule has 4 nitrogen and oxygen atoms in total. The molecule has 16 heavy (non-hydrogen) atoms. The monoisotopic (exact) mass is 233 g/mol. The second-order valence-corrected chi connectivity index (χ2v) is 5.27. The van der Waals surface area contributed by atoms with Gasteiger partial charge >= 0.3 is 6.09 Å². The van der Waals surface area contributed by atoms with E-state index < -0.39 is 18.4 Å². The molecule has 0 saturated carbocycles. The van der Waals surface area contributed by atoms with Crippen molar-refractivity contribution in [3.8, 4) is 0 Å². The minimum absolute atomic E-state index is 0.148. The van der Waals surface area contributed by atoms with E-state index in [9.17, 15) is 9.18 Å². The summed E-state index contributed by atoms with van der Waals surface area (Å²) in [6.45, 7) is 6.04. The lowest BCUT2D eigenvalue weighted by molar-refractivity contribution is -0.00738. The normalized spacial score (nSPS) is 19.2. The standard InChI is InChI=1S/C11H20FNO3/c1-11(2,3)16-10(15)13-5-8(6-13)4-9(12)7-14/h8-9,14H,4-7H2,1-3H3. The van der Waals surface area contributed by atoms with Crippen LogP contribution in [0.2, 0.25) is 0 Å². The van der Waals surface area contributed by atoms with Crippen molar-refractivity contribution >= 4 is 6.09 Å². The van der Waals surface area contributed by atoms with E-state index in [0.29, 0.717) is 19.5 Å². The quantitative estimate of drug-likeness (QED) is 0.805. The maximum atomic E-state index is 12.8. The number of alkyl halides is 1. The van der Waals surface area contributed by atoms with Gasteiger partial charge in [-0.25, -0.2) is 9.18 Å². The van der Waals surface area contributed by atoms with Crippen molar-refractivity contribution in [2.45, 2.75) is 39.0 Å². The van der Waals surface area contributed by atoms with Crippen LogP contribution in [0.3, 0.4) is 0 Å². The summed E-state index contributed by atoms with van der Waals surface area (Å²) in [6.07, 6.45) is -1.20. The zero-order valence-electron chi connectivity index (χ0n) is 10.1. The number of aliphatic hydroxyl groups excluding tert-OH is 1. The predicted octanol–water partition coefficient (Wildman–Crippen LogP) is 1.57. The molecule has 0 spiro atoms. The maximum absolute atomic E-state index is 12.8. The summed E-state index contributed by atoms with van der Waals surface area (Å²) in [6, 6.07) is 0. The summed E-state index contributed by atoms with van der Waals surface area (Å²) in [5, 5.41) is 8.55. The third-order valence-corrected chi connectivity index (χ3v) is 2.40. The fourth-order valence-corrected chi connectivity index (χ4v) is 1.63. The molecule has 1 amide bonds. The molecule has 1 rings (SSSR count). The third-order valence-electron chi connectivity index (χ3n) is 2.40. The van der Waals surface area contributed by atoms with Gasteiger partial charge < -0.3 is 14.7 Å². The van der Waals surface area contributed by atoms with E-state index in [4.69, 9.17) is 9.84 Å². The first-order valence-electron chi connectivity index (χ1n) is 5.54. The van der Waals surface area contributed by atoms with E-state index >= 15 is 0 Å². The minimum atomic E-state index is -1.18. The highest BCUT2D eigenvalue weighted by Gasteiger charge is 2.34. The van der Waals surface area contributed by atoms with Crippen molar-refractivity contribution in [1.82, 2.24) is 4.90 Å². The fraction of sp³-hybridized carbons (Fsp3) is 0.909. The summed E-state index contributed by atoms with van der Waals surface area (Å²) in [5.41, 5.74) is -0.490. The number of amides is 1. The number of likely N-dealkylation sites (tertiary alicyclic amines) is 1. The van der Waals surface area contributed by atoms with Crippen molar-refractivity contribution in [3.63, 3.8) is 0 Å². The first-order valence-corrected chi connectivity index (χ1v) is 5.54. The average Bonchev–Trinajstić information content (AvgIpc) is 2.06. The van der Waals surface area contributed by atoms with Crippen LogP contribution in [0.5, 0.6) is 0 Å². The van der Waals surface area contributed by atoms with Gasteiger partial charge in [-0.1, -0.05) is 0 Å². The largest absolute Gasteiger partial charge is 0.444 e. The predicted molar refractivity (Wildman–Crippen MR) is 57.9 cm³/mol. The van der Waals surface area contributed by atoms with Crippen LogP contribution < -0.4 is 0 Å². The molecule has 0 aromatic carbocycles. The molecule has 1 unspecified atom stereocenters. The summed E-state index contributed by atoms with van der Waals surface area (Å²) in [5.74, 6) is 0.148. The molecular formula is C11H20FNO3. The Hall–Kier alpha value is -0.840. The minimum Gasteiger partial charge on any atom is -0.444 e. The number of carbonyl (C=O) groups excluding carboxylic acids is 1. The van der Waals surface area contributed by atoms with Gasteiger partial charge in [0.25, 0.3) is 0 Å². The number of nitrogens with zero attached hydrogens (tertiary/aromatic N) is 1. The van der Waals surface area contributed by atoms with Crippen LogP contribution in [0.4, 0.5) is 9.18 Å². The Kier molecular flexibility index (Phi) is 4.13. The number of carbonyl (C=O) groups is 1. The summed E-state index contributed by atoms with van der Waals surface area (Å²) < 4.78 is 18.0. The van der Waals surface area contributed by atoms with Crippen LogP contribution >= 0.6 is 0 Å². The molecule has 0 aliphatic carbocycles. The summed E-state index contributed by atoms with van der Waals surface area (Å²) in [4.78, 5) is 13.1. The lowest BCUT2D eigenvalue weighted by atomic mass is 9.94. The first-order chi connectivity index (χ1) is 7.31. The van der Waals surface area contributed by atoms with Gasteiger partial charge in [-0.05, 0) is 33.1 Å². The Bertz CT molecular complexity index is 246. The van der Waals surface area contributed by atoms with E-state index in [1.165, 1.54) is 0 Å². The Morgan fingerprint density at radius 2 is 2.12 bits per heavy atom. The molecule has 5 heteroatoms. The zero-order chi connectivity index (χ0) is 12.3. The van der Waals surface area contributed by atoms with Crippen LogP contribution in [-0.2, 0) is 4.74 Å². The van der Waals surface area contributed by atoms with Gasteiger partial charge in [0, 0.05) is 13.1 Å². The SMILES string of the molecule is CC(C)(C)OC(=O)N1CC(CC(F)CO)C1. The number of hydrogen-bond acceptors (Lipinski definition) is 3. The topological polar surface area (TPSA) is 49.8 Å². The lowest BCUT2D eigenvalue weighted by Gasteiger charge is -2.40. The molecule has 1 atom stereocenters. The number of ether oxygens (including phenoxy) is 1. The van der Waals surface area contributed by atoms with E-state index in [-0.39, 0.29) is 12.0 Å². The van der Waals surface area contributed by atoms with Gasteiger partial charge in [0.2, 0.25) is 0 Å². The Balaban J connectivity index is 2.23. The molecule has 0 aromatic heterocycles. The van der Waals surface area contributed by atoms with E-state index in [1.807, 2.05) is 20.8 Å². The Morgan fingerprint density at radius 1 is 1.56 bits per heavy atom. The smallest absolute Gasteiger partial charge is 0.410 e. The molecule has 94 valence electrons. The second-order valence-electron chi connectivity index (χ2n) is 5.27. The van der Waals surface area contributed by atoms with E-state index in [2.05, 4.69) is 0 Å². The highest BCUT2D eigenvalue weighted by molar-refractivity contribution is 5.69. The number of rotatable bonds is 3. The van der Waals surface area contributed by atoms with Gasteiger partial charge in [0.05, 0.1) is 6.61 Å². The number of halogens is 1. The van der Waals surface area contributed by atoms with Crippen molar-refractivity contribution < 1.29 is 19.0 Å². The maximum Gasteiger partial charge on any atom is 0.410 e. The molecule has 1 N–H and O–H groups in total. The lowest BCUT2D eigenvalue weighted by Crippen LogP contribution is -2.52. The van der Waals surface area contributed by atoms with Crippen LogP contribution in [0.1, 0.15) is 27.2 Å². The molecule has 1 aliphatic heterocycles. The van der Waals surface area contributed by atoms with Gasteiger partial charge in [0.1, 0.15) is 11.8 Å². The van der Waals surface area contributed by atoms with Crippen LogP contribution in [0, 0.1) is 5.92 Å². The van der Waals surface area contributed by atoms with Crippen LogP contribution in [0.25, 0.3) is 0 Å². The zero-order valence-corrected chi connectivity index (χ0v) is 10.1. The molecule has 1 saturated heterocycles. The fourth-order valence-electron chi connectivity index (χ4n) is 1.63. The van der Waals surface area contributed by atoms with Crippen molar-refractivity contribution in [1.29, 1.82) is 0 Å².